The molecule has 0 bridgehead atoms. The molecule has 0 radical (unpaired) electrons. The van der Waals surface area contributed by atoms with Crippen LogP contribution in [0.2, 0.25) is 0 Å². The van der Waals surface area contributed by atoms with Gasteiger partial charge in [0.05, 0.1) is 19.6 Å². The summed E-state index contributed by atoms with van der Waals surface area (Å²) in [5.41, 5.74) is -1.14. The van der Waals surface area contributed by atoms with Crippen molar-refractivity contribution in [1.29, 1.82) is 0 Å². The maximum atomic E-state index is 12.9. The molecule has 1 N–H and O–H groups in total. The van der Waals surface area contributed by atoms with E-state index in [4.69, 9.17) is 23.7 Å². The lowest BCUT2D eigenvalue weighted by Crippen LogP contribution is -2.67. The molecule has 11 atom stereocenters. The summed E-state index contributed by atoms with van der Waals surface area (Å²) in [6.07, 6.45) is 9.00. The Morgan fingerprint density at radius 3 is 2.02 bits per heavy atom. The van der Waals surface area contributed by atoms with E-state index in [1.54, 1.807) is 13.8 Å². The van der Waals surface area contributed by atoms with Crippen LogP contribution in [0.15, 0.2) is 0 Å². The molecule has 54 heavy (non-hydrogen) atoms. The number of carbonyl (C=O) groups excluding carboxylic acids is 5. The molecule has 0 aromatic rings. The number of unbranched alkanes of at least 4 members (excludes halogenated alkanes) is 2. The summed E-state index contributed by atoms with van der Waals surface area (Å²) < 4.78 is 28.9. The van der Waals surface area contributed by atoms with Gasteiger partial charge < -0.3 is 29.0 Å². The predicted molar refractivity (Wildman–Crippen MR) is 204 cm³/mol. The normalized spacial score (nSPS) is 35.5. The number of nitrogens with one attached hydrogen (secondary N) is 1. The van der Waals surface area contributed by atoms with Gasteiger partial charge >= 0.3 is 29.8 Å². The molecule has 4 rings (SSSR count). The third kappa shape index (κ3) is 8.66. The van der Waals surface area contributed by atoms with E-state index in [9.17, 15) is 24.0 Å². The summed E-state index contributed by atoms with van der Waals surface area (Å²) in [5, 5.41) is 3.18. The average molecular weight is 762 g/mol. The first-order valence-electron chi connectivity index (χ1n) is 20.8. The van der Waals surface area contributed by atoms with Crippen LogP contribution in [0.5, 0.6) is 0 Å². The molecule has 4 aliphatic rings. The molecule has 0 spiro atoms. The van der Waals surface area contributed by atoms with Crippen molar-refractivity contribution in [3.63, 3.8) is 0 Å². The lowest BCUT2D eigenvalue weighted by atomic mass is 9.35. The van der Waals surface area contributed by atoms with Gasteiger partial charge in [-0.15, -0.1) is 0 Å². The first kappa shape index (κ1) is 44.0. The van der Waals surface area contributed by atoms with Crippen LogP contribution in [0.25, 0.3) is 0 Å². The molecular weight excluding hydrogens is 690 g/mol. The van der Waals surface area contributed by atoms with E-state index >= 15 is 0 Å². The number of rotatable bonds is 16. The van der Waals surface area contributed by atoms with Crippen LogP contribution in [0, 0.1) is 45.3 Å². The first-order valence-corrected chi connectivity index (χ1v) is 20.8. The van der Waals surface area contributed by atoms with E-state index in [0.29, 0.717) is 24.8 Å². The van der Waals surface area contributed by atoms with Crippen LogP contribution >= 0.6 is 0 Å². The predicted octanol–water partition coefficient (Wildman–Crippen LogP) is 7.50. The Labute approximate surface area is 324 Å². The topological polar surface area (TPSA) is 144 Å². The van der Waals surface area contributed by atoms with Crippen molar-refractivity contribution in [2.45, 2.75) is 177 Å². The molecule has 4 aliphatic carbocycles. The molecule has 11 nitrogen and oxygen atoms in total. The van der Waals surface area contributed by atoms with Gasteiger partial charge in [-0.1, -0.05) is 41.0 Å². The second-order valence-corrected chi connectivity index (χ2v) is 18.5. The highest BCUT2D eigenvalue weighted by molar-refractivity contribution is 5.82. The third-order valence-corrected chi connectivity index (χ3v) is 15.1. The summed E-state index contributed by atoms with van der Waals surface area (Å²) in [6.45, 7) is 22.9. The van der Waals surface area contributed by atoms with Crippen molar-refractivity contribution in [2.75, 3.05) is 19.8 Å². The van der Waals surface area contributed by atoms with Crippen molar-refractivity contribution < 1.29 is 47.7 Å². The minimum Gasteiger partial charge on any atom is -0.466 e. The maximum absolute atomic E-state index is 12.9. The second-order valence-electron chi connectivity index (χ2n) is 18.5. The van der Waals surface area contributed by atoms with E-state index in [1.807, 2.05) is 0 Å². The highest BCUT2D eigenvalue weighted by atomic mass is 16.6. The summed E-state index contributed by atoms with van der Waals surface area (Å²) in [7, 11) is 0. The van der Waals surface area contributed by atoms with Gasteiger partial charge in [0.1, 0.15) is 23.9 Å². The number of esters is 5. The van der Waals surface area contributed by atoms with Crippen molar-refractivity contribution in [1.82, 2.24) is 5.32 Å². The van der Waals surface area contributed by atoms with E-state index in [1.165, 1.54) is 20.8 Å². The molecule has 0 aromatic heterocycles. The van der Waals surface area contributed by atoms with Crippen LogP contribution in [-0.2, 0) is 47.7 Å². The molecule has 0 saturated heterocycles. The second kappa shape index (κ2) is 17.2. The Kier molecular flexibility index (Phi) is 14.0. The van der Waals surface area contributed by atoms with Gasteiger partial charge in [0.15, 0.2) is 0 Å². The number of carbonyl (C=O) groups is 5. The number of fused-ring (bicyclic) bond motifs is 5. The fourth-order valence-corrected chi connectivity index (χ4v) is 12.7. The van der Waals surface area contributed by atoms with E-state index in [0.717, 1.165) is 64.2 Å². The van der Waals surface area contributed by atoms with Crippen molar-refractivity contribution in [3.05, 3.63) is 0 Å². The highest BCUT2D eigenvalue weighted by Crippen LogP contribution is 2.76. The lowest BCUT2D eigenvalue weighted by Gasteiger charge is -2.70. The van der Waals surface area contributed by atoms with Crippen molar-refractivity contribution in [2.24, 2.45) is 45.3 Å². The van der Waals surface area contributed by atoms with Gasteiger partial charge in [-0.3, -0.25) is 24.0 Å². The minimum absolute atomic E-state index is 0.00564. The smallest absolute Gasteiger partial charge is 0.323 e. The molecule has 4 saturated carbocycles. The molecule has 11 heteroatoms. The Morgan fingerprint density at radius 1 is 0.759 bits per heavy atom. The summed E-state index contributed by atoms with van der Waals surface area (Å²) in [6, 6.07) is -0.770. The zero-order valence-electron chi connectivity index (χ0n) is 35.2. The van der Waals surface area contributed by atoms with Crippen molar-refractivity contribution in [3.8, 4) is 0 Å². The largest absolute Gasteiger partial charge is 0.466 e. The van der Waals surface area contributed by atoms with Crippen molar-refractivity contribution >= 4 is 29.8 Å². The van der Waals surface area contributed by atoms with E-state index in [2.05, 4.69) is 46.9 Å². The Hall–Kier alpha value is -2.69. The monoisotopic (exact) mass is 762 g/mol. The van der Waals surface area contributed by atoms with Gasteiger partial charge in [0.25, 0.3) is 0 Å². The molecule has 6 unspecified atom stereocenters. The molecular formula is C43H71NO10. The number of ether oxygens (including phenoxy) is 5. The van der Waals surface area contributed by atoms with Crippen LogP contribution in [0.4, 0.5) is 0 Å². The van der Waals surface area contributed by atoms with Gasteiger partial charge in [-0.25, -0.2) is 0 Å². The van der Waals surface area contributed by atoms with Gasteiger partial charge in [0.2, 0.25) is 0 Å². The summed E-state index contributed by atoms with van der Waals surface area (Å²) in [5.74, 6) is -1.04. The maximum Gasteiger partial charge on any atom is 0.323 e. The van der Waals surface area contributed by atoms with E-state index in [-0.39, 0.29) is 83.2 Å². The van der Waals surface area contributed by atoms with E-state index < -0.39 is 23.6 Å². The molecule has 0 aliphatic heterocycles. The summed E-state index contributed by atoms with van der Waals surface area (Å²) in [4.78, 5) is 62.4. The zero-order valence-corrected chi connectivity index (χ0v) is 35.2. The SMILES string of the molecule is CCOC(=O)CC(NCCCCCC(C)(OC(C)=O)C1CC[C@]2(C)[C@@H]1C(OC(C)=O)CC1[C@@]3(C)CC[C@H](OC(C)=O)C(C)(C)C3CC[C@]12C)C(=O)OCC. The Morgan fingerprint density at radius 2 is 1.41 bits per heavy atom. The molecule has 308 valence electrons. The Bertz CT molecular complexity index is 1380. The van der Waals surface area contributed by atoms with Gasteiger partial charge in [0, 0.05) is 38.0 Å². The average Bonchev–Trinajstić information content (AvgIpc) is 3.44. The fourth-order valence-electron chi connectivity index (χ4n) is 12.7. The van der Waals surface area contributed by atoms with Crippen LogP contribution in [0.1, 0.15) is 153 Å². The minimum atomic E-state index is -0.770. The van der Waals surface area contributed by atoms with Crippen LogP contribution < -0.4 is 5.32 Å². The third-order valence-electron chi connectivity index (χ3n) is 15.1. The van der Waals surface area contributed by atoms with Gasteiger partial charge in [-0.05, 0) is 120 Å². The first-order chi connectivity index (χ1) is 25.2. The van der Waals surface area contributed by atoms with Crippen LogP contribution in [0.3, 0.4) is 0 Å². The van der Waals surface area contributed by atoms with Gasteiger partial charge in [-0.2, -0.15) is 0 Å². The standard InChI is InChI=1S/C43H71NO10/c1-12-50-36(48)25-31(38(49)51-13-2)44-24-16-14-15-20-43(11,54-29(5)47)30-17-22-42(10)37(30)32(52-27(3)45)26-34-40(8)21-19-35(53-28(4)46)39(6,7)33(40)18-23-41(34,42)9/h30-35,37,44H,12-26H2,1-11H3/t30?,31?,32?,33?,34?,35-,37-,40-,41+,42+,43?/m0/s1. The fraction of sp³-hybridized carbons (Fsp3) is 0.884. The number of hydrogen-bond acceptors (Lipinski definition) is 11. The molecule has 4 fully saturated rings. The highest BCUT2D eigenvalue weighted by Gasteiger charge is 2.72. The zero-order chi connectivity index (χ0) is 40.3. The molecule has 0 aromatic carbocycles. The van der Waals surface area contributed by atoms with Crippen LogP contribution in [-0.4, -0.2) is 73.5 Å². The molecule has 0 heterocycles. The molecule has 0 amide bonds. The lowest BCUT2D eigenvalue weighted by molar-refractivity contribution is -0.253. The number of hydrogen-bond donors (Lipinski definition) is 1. The summed E-state index contributed by atoms with van der Waals surface area (Å²) >= 11 is 0. The Balaban J connectivity index is 1.54. The quantitative estimate of drug-likeness (QED) is 0.0949.